The Labute approximate surface area is 167 Å². The van der Waals surface area contributed by atoms with Crippen LogP contribution in [0.1, 0.15) is 21.6 Å². The molecule has 148 valence electrons. The number of hydrogen-bond acceptors (Lipinski definition) is 6. The lowest BCUT2D eigenvalue weighted by Gasteiger charge is -2.18. The molecule has 9 heteroatoms. The fraction of sp³-hybridized carbons (Fsp3) is 0.200. The van der Waals surface area contributed by atoms with Gasteiger partial charge in [0.2, 0.25) is 6.79 Å². The largest absolute Gasteiger partial charge is 0.454 e. The molecule has 0 saturated carbocycles. The fourth-order valence-corrected chi connectivity index (χ4v) is 5.34. The van der Waals surface area contributed by atoms with Gasteiger partial charge in [-0.25, -0.2) is 8.42 Å². The van der Waals surface area contributed by atoms with Crippen molar-refractivity contribution < 1.29 is 22.7 Å². The van der Waals surface area contributed by atoms with Crippen molar-refractivity contribution in [2.24, 2.45) is 7.05 Å². The van der Waals surface area contributed by atoms with Gasteiger partial charge in [0.25, 0.3) is 5.91 Å². The summed E-state index contributed by atoms with van der Waals surface area (Å²) in [5.74, 6) is 0.631. The van der Waals surface area contributed by atoms with Crippen molar-refractivity contribution in [3.63, 3.8) is 0 Å². The van der Waals surface area contributed by atoms with Gasteiger partial charge in [-0.15, -0.1) is 0 Å². The molecule has 0 bridgehead atoms. The third-order valence-electron chi connectivity index (χ3n) is 5.06. The molecule has 1 aromatic heterocycles. The fourth-order valence-electron chi connectivity index (χ4n) is 3.74. The van der Waals surface area contributed by atoms with Crippen LogP contribution in [0.4, 0.5) is 0 Å². The minimum absolute atomic E-state index is 0.126. The van der Waals surface area contributed by atoms with Crippen molar-refractivity contribution in [1.82, 2.24) is 15.1 Å². The molecule has 0 spiro atoms. The molecule has 1 amide bonds. The van der Waals surface area contributed by atoms with E-state index in [0.717, 1.165) is 5.56 Å². The van der Waals surface area contributed by atoms with Gasteiger partial charge >= 0.3 is 0 Å². The highest BCUT2D eigenvalue weighted by Gasteiger charge is 2.34. The number of carbonyl (C=O) groups excluding carboxylic acids is 1. The number of carbonyl (C=O) groups is 1. The van der Waals surface area contributed by atoms with Crippen molar-refractivity contribution in [2.75, 3.05) is 6.79 Å². The molecule has 0 unspecified atom stereocenters. The topological polar surface area (TPSA) is 99.5 Å². The predicted octanol–water partition coefficient (Wildman–Crippen LogP) is 2.03. The summed E-state index contributed by atoms with van der Waals surface area (Å²) >= 11 is 0. The van der Waals surface area contributed by atoms with Crippen LogP contribution in [-0.2, 0) is 29.2 Å². The maximum absolute atomic E-state index is 12.8. The summed E-state index contributed by atoms with van der Waals surface area (Å²) in [7, 11) is -1.83. The second-order valence-corrected chi connectivity index (χ2v) is 8.88. The quantitative estimate of drug-likeness (QED) is 0.708. The van der Waals surface area contributed by atoms with Gasteiger partial charge in [-0.2, -0.15) is 5.10 Å². The number of aryl methyl sites for hydroxylation is 1. The molecule has 3 heterocycles. The maximum Gasteiger partial charge on any atom is 0.272 e. The van der Waals surface area contributed by atoms with E-state index in [-0.39, 0.29) is 29.7 Å². The Morgan fingerprint density at radius 2 is 1.97 bits per heavy atom. The third-order valence-corrected chi connectivity index (χ3v) is 6.76. The Morgan fingerprint density at radius 3 is 2.83 bits per heavy atom. The molecule has 0 fully saturated rings. The summed E-state index contributed by atoms with van der Waals surface area (Å²) in [4.78, 5) is 13.1. The second-order valence-electron chi connectivity index (χ2n) is 6.92. The lowest BCUT2D eigenvalue weighted by Crippen LogP contribution is -2.25. The number of sulfone groups is 1. The second kappa shape index (κ2) is 6.35. The van der Waals surface area contributed by atoms with Gasteiger partial charge in [0.05, 0.1) is 16.3 Å². The maximum atomic E-state index is 12.8. The van der Waals surface area contributed by atoms with Crippen molar-refractivity contribution in [3.05, 3.63) is 59.3 Å². The van der Waals surface area contributed by atoms with Crippen LogP contribution >= 0.6 is 0 Å². The molecule has 1 N–H and O–H groups in total. The van der Waals surface area contributed by atoms with Crippen LogP contribution in [0.2, 0.25) is 0 Å². The van der Waals surface area contributed by atoms with Gasteiger partial charge in [0.15, 0.2) is 27.0 Å². The zero-order chi connectivity index (χ0) is 20.2. The van der Waals surface area contributed by atoms with Crippen LogP contribution in [0, 0.1) is 0 Å². The van der Waals surface area contributed by atoms with Crippen LogP contribution in [0.3, 0.4) is 0 Å². The van der Waals surface area contributed by atoms with Gasteiger partial charge < -0.3 is 14.8 Å². The summed E-state index contributed by atoms with van der Waals surface area (Å²) in [6, 6.07) is 12.2. The first-order valence-corrected chi connectivity index (χ1v) is 10.6. The number of nitrogens with zero attached hydrogens (tertiary/aromatic N) is 2. The SMILES string of the molecule is Cn1nc(C(=O)NCc2ccc3c(c2)OCO3)c2c1-c1ccccc1S(=O)(=O)C2. The molecule has 0 saturated heterocycles. The lowest BCUT2D eigenvalue weighted by atomic mass is 10.1. The summed E-state index contributed by atoms with van der Waals surface area (Å²) < 4.78 is 37.6. The van der Waals surface area contributed by atoms with Crippen molar-refractivity contribution in [3.8, 4) is 22.8 Å². The van der Waals surface area contributed by atoms with E-state index >= 15 is 0 Å². The number of rotatable bonds is 3. The van der Waals surface area contributed by atoms with Crippen LogP contribution in [0.25, 0.3) is 11.3 Å². The van der Waals surface area contributed by atoms with Crippen LogP contribution in [0.5, 0.6) is 11.5 Å². The van der Waals surface area contributed by atoms with E-state index in [4.69, 9.17) is 9.47 Å². The Hall–Kier alpha value is -3.33. The first kappa shape index (κ1) is 17.7. The Morgan fingerprint density at radius 1 is 1.17 bits per heavy atom. The third kappa shape index (κ3) is 2.85. The number of hydrogen-bond donors (Lipinski definition) is 1. The van der Waals surface area contributed by atoms with Crippen LogP contribution in [-0.4, -0.2) is 30.9 Å². The van der Waals surface area contributed by atoms with Crippen LogP contribution < -0.4 is 14.8 Å². The smallest absolute Gasteiger partial charge is 0.272 e. The molecule has 3 aromatic rings. The van der Waals surface area contributed by atoms with Gasteiger partial charge in [-0.1, -0.05) is 24.3 Å². The van der Waals surface area contributed by atoms with Crippen molar-refractivity contribution in [2.45, 2.75) is 17.2 Å². The molecule has 0 radical (unpaired) electrons. The van der Waals surface area contributed by atoms with Gasteiger partial charge in [-0.3, -0.25) is 9.48 Å². The Balaban J connectivity index is 1.45. The summed E-state index contributed by atoms with van der Waals surface area (Å²) in [6.45, 7) is 0.436. The van der Waals surface area contributed by atoms with E-state index in [1.54, 1.807) is 48.1 Å². The number of nitrogens with one attached hydrogen (secondary N) is 1. The number of benzene rings is 2. The first-order valence-electron chi connectivity index (χ1n) is 8.99. The summed E-state index contributed by atoms with van der Waals surface area (Å²) in [6.07, 6.45) is 0. The average Bonchev–Trinajstić information content (AvgIpc) is 3.29. The van der Waals surface area contributed by atoms with Gasteiger partial charge in [0, 0.05) is 24.7 Å². The highest BCUT2D eigenvalue weighted by molar-refractivity contribution is 7.90. The van der Waals surface area contributed by atoms with E-state index in [9.17, 15) is 13.2 Å². The van der Waals surface area contributed by atoms with E-state index in [0.29, 0.717) is 28.3 Å². The highest BCUT2D eigenvalue weighted by Crippen LogP contribution is 2.39. The standard InChI is InChI=1S/C20H17N3O5S/c1-23-19-13-4-2-3-5-17(13)29(25,26)10-14(19)18(22-23)20(24)21-9-12-6-7-15-16(8-12)28-11-27-15/h2-8H,9-11H2,1H3,(H,21,24). The van der Waals surface area contributed by atoms with Crippen molar-refractivity contribution >= 4 is 15.7 Å². The average molecular weight is 411 g/mol. The molecule has 2 aliphatic heterocycles. The zero-order valence-corrected chi connectivity index (χ0v) is 16.3. The Bertz CT molecular complexity index is 1260. The number of aromatic nitrogens is 2. The zero-order valence-electron chi connectivity index (χ0n) is 15.5. The molecular weight excluding hydrogens is 394 g/mol. The molecule has 29 heavy (non-hydrogen) atoms. The molecule has 2 aromatic carbocycles. The van der Waals surface area contributed by atoms with E-state index < -0.39 is 15.7 Å². The number of amides is 1. The summed E-state index contributed by atoms with van der Waals surface area (Å²) in [5.41, 5.74) is 2.61. The molecular formula is C20H17N3O5S. The highest BCUT2D eigenvalue weighted by atomic mass is 32.2. The van der Waals surface area contributed by atoms with Gasteiger partial charge in [-0.05, 0) is 23.8 Å². The monoisotopic (exact) mass is 411 g/mol. The normalized spacial score (nSPS) is 15.5. The molecule has 0 atom stereocenters. The van der Waals surface area contributed by atoms with E-state index in [1.807, 2.05) is 6.07 Å². The molecule has 8 nitrogen and oxygen atoms in total. The lowest BCUT2D eigenvalue weighted by molar-refractivity contribution is 0.0944. The molecule has 2 aliphatic rings. The van der Waals surface area contributed by atoms with E-state index in [1.165, 1.54) is 0 Å². The first-order chi connectivity index (χ1) is 13.9. The van der Waals surface area contributed by atoms with Crippen molar-refractivity contribution in [1.29, 1.82) is 0 Å². The number of fused-ring (bicyclic) bond motifs is 4. The number of ether oxygens (including phenoxy) is 2. The summed E-state index contributed by atoms with van der Waals surface area (Å²) in [5, 5.41) is 7.14. The van der Waals surface area contributed by atoms with Crippen LogP contribution in [0.15, 0.2) is 47.4 Å². The minimum atomic E-state index is -3.54. The molecule has 5 rings (SSSR count). The van der Waals surface area contributed by atoms with Gasteiger partial charge in [0.1, 0.15) is 0 Å². The predicted molar refractivity (Wildman–Crippen MR) is 103 cm³/mol. The minimum Gasteiger partial charge on any atom is -0.454 e. The molecule has 0 aliphatic carbocycles. The van der Waals surface area contributed by atoms with E-state index in [2.05, 4.69) is 10.4 Å². The Kier molecular flexibility index (Phi) is 3.88.